The van der Waals surface area contributed by atoms with Crippen molar-refractivity contribution in [3.05, 3.63) is 11.9 Å². The van der Waals surface area contributed by atoms with Crippen LogP contribution in [0.1, 0.15) is 53.0 Å². The summed E-state index contributed by atoms with van der Waals surface area (Å²) in [5, 5.41) is 6.70. The van der Waals surface area contributed by atoms with Gasteiger partial charge in [-0.25, -0.2) is 9.97 Å². The van der Waals surface area contributed by atoms with Gasteiger partial charge in [-0.15, -0.1) is 0 Å². The Morgan fingerprint density at radius 3 is 1.95 bits per heavy atom. The van der Waals surface area contributed by atoms with Crippen molar-refractivity contribution in [3.63, 3.8) is 0 Å². The molecule has 0 saturated heterocycles. The van der Waals surface area contributed by atoms with E-state index < -0.39 is 0 Å². The molecule has 0 unspecified atom stereocenters. The summed E-state index contributed by atoms with van der Waals surface area (Å²) in [6.45, 7) is 14.4. The fraction of sp³-hybridized carbons (Fsp3) is 0.750. The van der Waals surface area contributed by atoms with Gasteiger partial charge in [0.2, 0.25) is 0 Å². The number of nitrogens with one attached hydrogen (secondary N) is 2. The lowest BCUT2D eigenvalue weighted by atomic mass is 9.85. The predicted octanol–water partition coefficient (Wildman–Crippen LogP) is 3.98. The minimum Gasteiger partial charge on any atom is -0.373 e. The highest BCUT2D eigenvalue weighted by molar-refractivity contribution is 5.58. The second kappa shape index (κ2) is 7.46. The van der Waals surface area contributed by atoms with Crippen LogP contribution >= 0.6 is 0 Å². The van der Waals surface area contributed by atoms with E-state index in [2.05, 4.69) is 62.1 Å². The monoisotopic (exact) mass is 278 g/mol. The molecule has 4 nitrogen and oxygen atoms in total. The summed E-state index contributed by atoms with van der Waals surface area (Å²) in [4.78, 5) is 8.75. The Hall–Kier alpha value is -1.32. The van der Waals surface area contributed by atoms with Gasteiger partial charge in [-0.2, -0.15) is 0 Å². The number of hydrogen-bond donors (Lipinski definition) is 2. The van der Waals surface area contributed by atoms with Gasteiger partial charge in [-0.05, 0) is 23.7 Å². The fourth-order valence-electron chi connectivity index (χ4n) is 2.74. The van der Waals surface area contributed by atoms with E-state index >= 15 is 0 Å². The van der Waals surface area contributed by atoms with Crippen LogP contribution in [0.2, 0.25) is 0 Å². The van der Waals surface area contributed by atoms with Crippen molar-refractivity contribution in [2.45, 2.75) is 47.5 Å². The van der Waals surface area contributed by atoms with Crippen LogP contribution in [0.15, 0.2) is 6.33 Å². The zero-order valence-corrected chi connectivity index (χ0v) is 14.0. The van der Waals surface area contributed by atoms with Crippen molar-refractivity contribution < 1.29 is 0 Å². The first kappa shape index (κ1) is 16.7. The maximum atomic E-state index is 4.44. The Bertz CT molecular complexity index is 405. The maximum absolute atomic E-state index is 4.44. The van der Waals surface area contributed by atoms with Crippen LogP contribution in [0.4, 0.5) is 11.6 Å². The molecule has 0 aliphatic carbocycles. The molecule has 0 aromatic carbocycles. The molecule has 0 fully saturated rings. The molecule has 20 heavy (non-hydrogen) atoms. The normalized spacial score (nSPS) is 11.8. The average Bonchev–Trinajstić information content (AvgIpc) is 2.37. The largest absolute Gasteiger partial charge is 0.373 e. The first-order chi connectivity index (χ1) is 9.38. The van der Waals surface area contributed by atoms with Gasteiger partial charge in [0, 0.05) is 19.2 Å². The van der Waals surface area contributed by atoms with E-state index in [1.807, 2.05) is 7.05 Å². The molecule has 0 radical (unpaired) electrons. The third-order valence-electron chi connectivity index (χ3n) is 3.92. The van der Waals surface area contributed by atoms with Crippen LogP contribution in [-0.4, -0.2) is 23.6 Å². The Balaban J connectivity index is 2.92. The minimum absolute atomic E-state index is 0.387. The van der Waals surface area contributed by atoms with Gasteiger partial charge in [0.05, 0.1) is 0 Å². The molecule has 0 atom stereocenters. The van der Waals surface area contributed by atoms with Crippen molar-refractivity contribution in [2.24, 2.45) is 17.8 Å². The van der Waals surface area contributed by atoms with E-state index in [-0.39, 0.29) is 0 Å². The molecule has 0 aliphatic heterocycles. The van der Waals surface area contributed by atoms with Crippen molar-refractivity contribution >= 4 is 11.6 Å². The molecule has 1 aromatic rings. The molecule has 1 aromatic heterocycles. The quantitative estimate of drug-likeness (QED) is 0.792. The molecule has 1 rings (SSSR count). The van der Waals surface area contributed by atoms with Crippen molar-refractivity contribution in [3.8, 4) is 0 Å². The van der Waals surface area contributed by atoms with Crippen LogP contribution < -0.4 is 10.6 Å². The highest BCUT2D eigenvalue weighted by atomic mass is 15.1. The molecule has 1 heterocycles. The van der Waals surface area contributed by atoms with Crippen molar-refractivity contribution in [2.75, 3.05) is 24.2 Å². The molecule has 114 valence electrons. The topological polar surface area (TPSA) is 49.8 Å². The summed E-state index contributed by atoms with van der Waals surface area (Å²) in [5.41, 5.74) is 1.17. The van der Waals surface area contributed by atoms with Gasteiger partial charge < -0.3 is 10.6 Å². The standard InChI is InChI=1S/C16H30N4/c1-10(2)13(11(3)4)8-18-16-14(12(5)6)15(17-7)19-9-20-16/h9-13H,8H2,1-7H3,(H2,17,18,19,20). The first-order valence-electron chi connectivity index (χ1n) is 7.64. The van der Waals surface area contributed by atoms with Crippen LogP contribution in [0.5, 0.6) is 0 Å². The summed E-state index contributed by atoms with van der Waals surface area (Å²) >= 11 is 0. The SMILES string of the molecule is CNc1ncnc(NCC(C(C)C)C(C)C)c1C(C)C. The summed E-state index contributed by atoms with van der Waals surface area (Å²) in [5.74, 6) is 4.24. The molecule has 0 saturated carbocycles. The van der Waals surface area contributed by atoms with Gasteiger partial charge >= 0.3 is 0 Å². The third-order valence-corrected chi connectivity index (χ3v) is 3.92. The summed E-state index contributed by atoms with van der Waals surface area (Å²) in [6, 6.07) is 0. The van der Waals surface area contributed by atoms with E-state index in [4.69, 9.17) is 0 Å². The third kappa shape index (κ3) is 4.09. The van der Waals surface area contributed by atoms with E-state index in [0.717, 1.165) is 18.2 Å². The molecule has 0 aliphatic rings. The number of nitrogens with zero attached hydrogens (tertiary/aromatic N) is 2. The smallest absolute Gasteiger partial charge is 0.134 e. The predicted molar refractivity (Wildman–Crippen MR) is 87.3 cm³/mol. The van der Waals surface area contributed by atoms with E-state index in [9.17, 15) is 0 Å². The Morgan fingerprint density at radius 1 is 0.950 bits per heavy atom. The van der Waals surface area contributed by atoms with Gasteiger partial charge in [0.25, 0.3) is 0 Å². The second-order valence-corrected chi connectivity index (χ2v) is 6.42. The zero-order chi connectivity index (χ0) is 15.3. The van der Waals surface area contributed by atoms with Gasteiger partial charge in [0.15, 0.2) is 0 Å². The molecule has 2 N–H and O–H groups in total. The molecule has 0 bridgehead atoms. The van der Waals surface area contributed by atoms with Crippen LogP contribution in [-0.2, 0) is 0 Å². The lowest BCUT2D eigenvalue weighted by Gasteiger charge is -2.26. The highest BCUT2D eigenvalue weighted by Crippen LogP contribution is 2.29. The molecular formula is C16H30N4. The Morgan fingerprint density at radius 2 is 1.50 bits per heavy atom. The Kier molecular flexibility index (Phi) is 6.24. The van der Waals surface area contributed by atoms with Gasteiger partial charge in [-0.3, -0.25) is 0 Å². The lowest BCUT2D eigenvalue weighted by molar-refractivity contribution is 0.304. The number of rotatable bonds is 7. The maximum Gasteiger partial charge on any atom is 0.134 e. The average molecular weight is 278 g/mol. The van der Waals surface area contributed by atoms with Crippen LogP contribution in [0.3, 0.4) is 0 Å². The molecule has 4 heteroatoms. The van der Waals surface area contributed by atoms with Gasteiger partial charge in [-0.1, -0.05) is 41.5 Å². The number of aromatic nitrogens is 2. The second-order valence-electron chi connectivity index (χ2n) is 6.42. The Labute approximate surface area is 123 Å². The zero-order valence-electron chi connectivity index (χ0n) is 14.0. The lowest BCUT2D eigenvalue weighted by Crippen LogP contribution is -2.25. The van der Waals surface area contributed by atoms with E-state index in [0.29, 0.717) is 23.7 Å². The fourth-order valence-corrected chi connectivity index (χ4v) is 2.74. The van der Waals surface area contributed by atoms with Crippen molar-refractivity contribution in [1.82, 2.24) is 9.97 Å². The summed E-state index contributed by atoms with van der Waals surface area (Å²) < 4.78 is 0. The first-order valence-corrected chi connectivity index (χ1v) is 7.64. The van der Waals surface area contributed by atoms with Crippen LogP contribution in [0, 0.1) is 17.8 Å². The van der Waals surface area contributed by atoms with E-state index in [1.54, 1.807) is 6.33 Å². The van der Waals surface area contributed by atoms with Crippen LogP contribution in [0.25, 0.3) is 0 Å². The number of hydrogen-bond acceptors (Lipinski definition) is 4. The molecule has 0 spiro atoms. The summed E-state index contributed by atoms with van der Waals surface area (Å²) in [7, 11) is 1.91. The molecule has 0 amide bonds. The highest BCUT2D eigenvalue weighted by Gasteiger charge is 2.19. The van der Waals surface area contributed by atoms with Crippen molar-refractivity contribution in [1.29, 1.82) is 0 Å². The number of anilines is 2. The van der Waals surface area contributed by atoms with E-state index in [1.165, 1.54) is 5.56 Å². The molecular weight excluding hydrogens is 248 g/mol. The summed E-state index contributed by atoms with van der Waals surface area (Å²) in [6.07, 6.45) is 1.62. The van der Waals surface area contributed by atoms with Gasteiger partial charge in [0.1, 0.15) is 18.0 Å². The minimum atomic E-state index is 0.387.